The fraction of sp³-hybridized carbons (Fsp3) is 0.647. The molecule has 1 aromatic carbocycles. The lowest BCUT2D eigenvalue weighted by Gasteiger charge is -2.39. The fourth-order valence-electron chi connectivity index (χ4n) is 2.89. The molecule has 0 radical (unpaired) electrons. The van der Waals surface area contributed by atoms with Crippen LogP contribution in [0.5, 0.6) is 5.75 Å². The van der Waals surface area contributed by atoms with Gasteiger partial charge in [-0.3, -0.25) is 4.90 Å². The van der Waals surface area contributed by atoms with Gasteiger partial charge in [-0.05, 0) is 31.0 Å². The van der Waals surface area contributed by atoms with E-state index < -0.39 is 0 Å². The molecule has 0 unspecified atom stereocenters. The zero-order valence-corrected chi connectivity index (χ0v) is 13.5. The highest BCUT2D eigenvalue weighted by Crippen LogP contribution is 2.13. The van der Waals surface area contributed by atoms with E-state index >= 15 is 0 Å². The van der Waals surface area contributed by atoms with Gasteiger partial charge in [0, 0.05) is 45.9 Å². The predicted octanol–water partition coefficient (Wildman–Crippen LogP) is 1.89. The molecule has 0 aromatic heterocycles. The maximum Gasteiger partial charge on any atom is 0.118 e. The Kier molecular flexibility index (Phi) is 6.49. The highest BCUT2D eigenvalue weighted by Gasteiger charge is 2.22. The molecule has 118 valence electrons. The molecule has 0 bridgehead atoms. The number of piperazine rings is 1. The SMILES string of the molecule is COCCN1CCN(CCc2ccc(OC)cc2)C[C@@H]1C. The van der Waals surface area contributed by atoms with E-state index in [0.29, 0.717) is 6.04 Å². The van der Waals surface area contributed by atoms with Crippen LogP contribution in [-0.2, 0) is 11.2 Å². The van der Waals surface area contributed by atoms with Gasteiger partial charge in [-0.2, -0.15) is 0 Å². The van der Waals surface area contributed by atoms with Gasteiger partial charge >= 0.3 is 0 Å². The molecule has 4 nitrogen and oxygen atoms in total. The van der Waals surface area contributed by atoms with Gasteiger partial charge in [-0.25, -0.2) is 0 Å². The van der Waals surface area contributed by atoms with E-state index in [1.54, 1.807) is 14.2 Å². The quantitative estimate of drug-likeness (QED) is 0.766. The summed E-state index contributed by atoms with van der Waals surface area (Å²) in [5.41, 5.74) is 1.38. The number of ether oxygens (including phenoxy) is 2. The first-order valence-electron chi connectivity index (χ1n) is 7.81. The van der Waals surface area contributed by atoms with Crippen molar-refractivity contribution >= 4 is 0 Å². The average molecular weight is 292 g/mol. The van der Waals surface area contributed by atoms with Crippen LogP contribution in [0.4, 0.5) is 0 Å². The molecule has 2 rings (SSSR count). The minimum Gasteiger partial charge on any atom is -0.497 e. The van der Waals surface area contributed by atoms with Crippen LogP contribution >= 0.6 is 0 Å². The number of methoxy groups -OCH3 is 2. The molecule has 1 aliphatic heterocycles. The summed E-state index contributed by atoms with van der Waals surface area (Å²) in [6.07, 6.45) is 1.11. The Morgan fingerprint density at radius 2 is 1.86 bits per heavy atom. The van der Waals surface area contributed by atoms with Crippen LogP contribution in [0, 0.1) is 0 Å². The molecule has 4 heteroatoms. The molecule has 0 amide bonds. The average Bonchev–Trinajstić information content (AvgIpc) is 2.52. The van der Waals surface area contributed by atoms with Crippen molar-refractivity contribution in [1.29, 1.82) is 0 Å². The van der Waals surface area contributed by atoms with Gasteiger partial charge in [-0.15, -0.1) is 0 Å². The highest BCUT2D eigenvalue weighted by molar-refractivity contribution is 5.27. The third kappa shape index (κ3) is 4.99. The van der Waals surface area contributed by atoms with Gasteiger partial charge in [0.05, 0.1) is 13.7 Å². The zero-order valence-electron chi connectivity index (χ0n) is 13.5. The van der Waals surface area contributed by atoms with Gasteiger partial charge in [0.25, 0.3) is 0 Å². The summed E-state index contributed by atoms with van der Waals surface area (Å²) in [6, 6.07) is 9.03. The molecule has 1 aromatic rings. The van der Waals surface area contributed by atoms with Gasteiger partial charge in [0.15, 0.2) is 0 Å². The number of benzene rings is 1. The van der Waals surface area contributed by atoms with Gasteiger partial charge in [0.1, 0.15) is 5.75 Å². The van der Waals surface area contributed by atoms with Crippen molar-refractivity contribution in [2.45, 2.75) is 19.4 Å². The molecule has 0 saturated carbocycles. The van der Waals surface area contributed by atoms with Crippen molar-refractivity contribution in [3.63, 3.8) is 0 Å². The molecule has 1 aliphatic rings. The summed E-state index contributed by atoms with van der Waals surface area (Å²) in [5, 5.41) is 0. The highest BCUT2D eigenvalue weighted by atomic mass is 16.5. The molecule has 0 spiro atoms. The van der Waals surface area contributed by atoms with Gasteiger partial charge in [-0.1, -0.05) is 12.1 Å². The number of rotatable bonds is 7. The van der Waals surface area contributed by atoms with E-state index in [1.807, 2.05) is 12.1 Å². The lowest BCUT2D eigenvalue weighted by molar-refractivity contribution is 0.0596. The van der Waals surface area contributed by atoms with Crippen LogP contribution in [0.3, 0.4) is 0 Å². The summed E-state index contributed by atoms with van der Waals surface area (Å²) >= 11 is 0. The van der Waals surface area contributed by atoms with Crippen LogP contribution in [0.1, 0.15) is 12.5 Å². The molecule has 21 heavy (non-hydrogen) atoms. The van der Waals surface area contributed by atoms with E-state index in [2.05, 4.69) is 28.9 Å². The lowest BCUT2D eigenvalue weighted by atomic mass is 10.1. The largest absolute Gasteiger partial charge is 0.497 e. The van der Waals surface area contributed by atoms with Crippen molar-refractivity contribution in [3.8, 4) is 5.75 Å². The standard InChI is InChI=1S/C17H28N2O2/c1-15-14-18(10-11-19(15)12-13-20-2)9-8-16-4-6-17(21-3)7-5-16/h4-7,15H,8-14H2,1-3H3/t15-/m0/s1. The minimum atomic E-state index is 0.616. The third-order valence-electron chi connectivity index (χ3n) is 4.31. The maximum atomic E-state index is 5.20. The molecule has 0 aliphatic carbocycles. The van der Waals surface area contributed by atoms with Crippen LogP contribution < -0.4 is 4.74 Å². The van der Waals surface area contributed by atoms with E-state index in [9.17, 15) is 0 Å². The topological polar surface area (TPSA) is 24.9 Å². The molecule has 0 N–H and O–H groups in total. The Labute approximate surface area is 128 Å². The molecular formula is C17H28N2O2. The molecule has 1 heterocycles. The van der Waals surface area contributed by atoms with Crippen molar-refractivity contribution in [3.05, 3.63) is 29.8 Å². The van der Waals surface area contributed by atoms with Crippen molar-refractivity contribution in [1.82, 2.24) is 9.80 Å². The van der Waals surface area contributed by atoms with E-state index in [4.69, 9.17) is 9.47 Å². The fourth-order valence-corrected chi connectivity index (χ4v) is 2.89. The number of hydrogen-bond acceptors (Lipinski definition) is 4. The third-order valence-corrected chi connectivity index (χ3v) is 4.31. The molecular weight excluding hydrogens is 264 g/mol. The summed E-state index contributed by atoms with van der Waals surface area (Å²) in [5.74, 6) is 0.930. The lowest BCUT2D eigenvalue weighted by Crippen LogP contribution is -2.52. The summed E-state index contributed by atoms with van der Waals surface area (Å²) < 4.78 is 10.4. The van der Waals surface area contributed by atoms with Gasteiger partial charge in [0.2, 0.25) is 0 Å². The second-order valence-electron chi connectivity index (χ2n) is 5.78. The maximum absolute atomic E-state index is 5.20. The van der Waals surface area contributed by atoms with Gasteiger partial charge < -0.3 is 14.4 Å². The predicted molar refractivity (Wildman–Crippen MR) is 86.0 cm³/mol. The van der Waals surface area contributed by atoms with Crippen LogP contribution in [0.2, 0.25) is 0 Å². The number of hydrogen-bond donors (Lipinski definition) is 0. The van der Waals surface area contributed by atoms with Crippen LogP contribution in [-0.4, -0.2) is 69.4 Å². The Morgan fingerprint density at radius 1 is 1.10 bits per heavy atom. The van der Waals surface area contributed by atoms with Crippen LogP contribution in [0.25, 0.3) is 0 Å². The normalized spacial score (nSPS) is 20.6. The summed E-state index contributed by atoms with van der Waals surface area (Å²) in [6.45, 7) is 8.78. The van der Waals surface area contributed by atoms with Crippen molar-refractivity contribution < 1.29 is 9.47 Å². The summed E-state index contributed by atoms with van der Waals surface area (Å²) in [7, 11) is 3.48. The minimum absolute atomic E-state index is 0.616. The Bertz CT molecular complexity index is 408. The monoisotopic (exact) mass is 292 g/mol. The van der Waals surface area contributed by atoms with Crippen molar-refractivity contribution in [2.24, 2.45) is 0 Å². The smallest absolute Gasteiger partial charge is 0.118 e. The number of nitrogens with zero attached hydrogens (tertiary/aromatic N) is 2. The van der Waals surface area contributed by atoms with Crippen LogP contribution in [0.15, 0.2) is 24.3 Å². The summed E-state index contributed by atoms with van der Waals surface area (Å²) in [4.78, 5) is 5.09. The first-order chi connectivity index (χ1) is 10.2. The Morgan fingerprint density at radius 3 is 2.48 bits per heavy atom. The second-order valence-corrected chi connectivity index (χ2v) is 5.78. The zero-order chi connectivity index (χ0) is 15.1. The Hall–Kier alpha value is -1.10. The molecule has 1 fully saturated rings. The van der Waals surface area contributed by atoms with E-state index in [0.717, 1.165) is 51.5 Å². The molecule has 1 atom stereocenters. The first kappa shape index (κ1) is 16.3. The molecule has 1 saturated heterocycles. The first-order valence-corrected chi connectivity index (χ1v) is 7.81. The van der Waals surface area contributed by atoms with E-state index in [-0.39, 0.29) is 0 Å². The van der Waals surface area contributed by atoms with Crippen molar-refractivity contribution in [2.75, 3.05) is 53.6 Å². The van der Waals surface area contributed by atoms with E-state index in [1.165, 1.54) is 5.56 Å². The second kappa shape index (κ2) is 8.37. The Balaban J connectivity index is 1.74.